The third-order valence-corrected chi connectivity index (χ3v) is 2.91. The second-order valence-corrected chi connectivity index (χ2v) is 4.24. The third-order valence-electron chi connectivity index (χ3n) is 2.91. The van der Waals surface area contributed by atoms with Crippen molar-refractivity contribution in [3.05, 3.63) is 18.0 Å². The molecule has 0 aliphatic carbocycles. The molecule has 0 aliphatic rings. The van der Waals surface area contributed by atoms with Gasteiger partial charge >= 0.3 is 6.09 Å². The van der Waals surface area contributed by atoms with Crippen molar-refractivity contribution >= 4 is 6.09 Å². The van der Waals surface area contributed by atoms with Crippen LogP contribution in [0, 0.1) is 0 Å². The maximum absolute atomic E-state index is 11.0. The van der Waals surface area contributed by atoms with Crippen LogP contribution >= 0.6 is 0 Å². The Balaban J connectivity index is 2.28. The van der Waals surface area contributed by atoms with Gasteiger partial charge in [-0.1, -0.05) is 0 Å². The summed E-state index contributed by atoms with van der Waals surface area (Å²) in [6, 6.07) is 3.36. The Hall–Kier alpha value is -2.97. The van der Waals surface area contributed by atoms with Crippen LogP contribution in [0.1, 0.15) is 5.89 Å². The molecule has 2 aromatic rings. The van der Waals surface area contributed by atoms with E-state index < -0.39 is 6.09 Å². The molecule has 0 saturated heterocycles. The molecule has 0 saturated carbocycles. The minimum absolute atomic E-state index is 0.128. The molecule has 0 bridgehead atoms. The number of alkyl carbamates (subject to hydrolysis) is 1. The lowest BCUT2D eigenvalue weighted by Crippen LogP contribution is -2.18. The molecular formula is C14H17N3O6. The Kier molecular flexibility index (Phi) is 5.23. The number of nitrogens with zero attached hydrogens (tertiary/aromatic N) is 2. The molecule has 1 aromatic heterocycles. The molecule has 0 spiro atoms. The molecule has 2 rings (SSSR count). The smallest absolute Gasteiger partial charge is 0.407 e. The van der Waals surface area contributed by atoms with Gasteiger partial charge in [0, 0.05) is 12.6 Å². The zero-order chi connectivity index (χ0) is 16.8. The first kappa shape index (κ1) is 16.4. The van der Waals surface area contributed by atoms with E-state index in [-0.39, 0.29) is 18.4 Å². The van der Waals surface area contributed by atoms with Crippen molar-refractivity contribution < 1.29 is 28.2 Å². The summed E-state index contributed by atoms with van der Waals surface area (Å²) in [5.41, 5.74) is 0.582. The highest BCUT2D eigenvalue weighted by molar-refractivity contribution is 5.67. The Morgan fingerprint density at radius 2 is 1.78 bits per heavy atom. The van der Waals surface area contributed by atoms with Gasteiger partial charge < -0.3 is 28.7 Å². The van der Waals surface area contributed by atoms with Crippen molar-refractivity contribution in [2.24, 2.45) is 0 Å². The van der Waals surface area contributed by atoms with Gasteiger partial charge in [-0.2, -0.15) is 0 Å². The van der Waals surface area contributed by atoms with Gasteiger partial charge in [0.2, 0.25) is 11.6 Å². The standard InChI is InChI=1S/C14H17N3O6/c1-15-14(18)22-7-11-16-17-13(23-11)8-5-9(19-2)12(21-4)10(6-8)20-3/h5-6H,7H2,1-4H3,(H,15,18). The zero-order valence-corrected chi connectivity index (χ0v) is 13.2. The largest absolute Gasteiger partial charge is 0.493 e. The van der Waals surface area contributed by atoms with E-state index in [9.17, 15) is 4.79 Å². The van der Waals surface area contributed by atoms with Crippen molar-refractivity contribution in [1.29, 1.82) is 0 Å². The number of amides is 1. The van der Waals surface area contributed by atoms with E-state index in [0.29, 0.717) is 22.8 Å². The number of carbonyl (C=O) groups excluding carboxylic acids is 1. The fourth-order valence-electron chi connectivity index (χ4n) is 1.83. The summed E-state index contributed by atoms with van der Waals surface area (Å²) in [5, 5.41) is 10.1. The van der Waals surface area contributed by atoms with Crippen molar-refractivity contribution in [2.45, 2.75) is 6.61 Å². The van der Waals surface area contributed by atoms with Crippen LogP contribution in [-0.2, 0) is 11.3 Å². The lowest BCUT2D eigenvalue weighted by molar-refractivity contribution is 0.131. The minimum atomic E-state index is -0.586. The molecule has 0 aliphatic heterocycles. The summed E-state index contributed by atoms with van der Waals surface area (Å²) in [4.78, 5) is 11.0. The highest BCUT2D eigenvalue weighted by atomic mass is 16.6. The van der Waals surface area contributed by atoms with Gasteiger partial charge in [0.1, 0.15) is 0 Å². The first-order valence-electron chi connectivity index (χ1n) is 6.60. The normalized spacial score (nSPS) is 10.1. The van der Waals surface area contributed by atoms with E-state index in [4.69, 9.17) is 23.4 Å². The van der Waals surface area contributed by atoms with Crippen molar-refractivity contribution in [2.75, 3.05) is 28.4 Å². The maximum Gasteiger partial charge on any atom is 0.407 e. The predicted octanol–water partition coefficient (Wildman–Crippen LogP) is 1.62. The molecule has 9 heteroatoms. The van der Waals surface area contributed by atoms with Crippen molar-refractivity contribution in [1.82, 2.24) is 15.5 Å². The van der Waals surface area contributed by atoms with E-state index in [1.807, 2.05) is 0 Å². The second-order valence-electron chi connectivity index (χ2n) is 4.24. The topological polar surface area (TPSA) is 105 Å². The first-order chi connectivity index (χ1) is 11.1. The van der Waals surface area contributed by atoms with Gasteiger partial charge in [0.25, 0.3) is 5.89 Å². The Morgan fingerprint density at radius 1 is 1.13 bits per heavy atom. The third kappa shape index (κ3) is 3.62. The monoisotopic (exact) mass is 323 g/mol. The van der Waals surface area contributed by atoms with E-state index in [1.54, 1.807) is 12.1 Å². The summed E-state index contributed by atoms with van der Waals surface area (Å²) in [5.74, 6) is 1.78. The van der Waals surface area contributed by atoms with E-state index in [0.717, 1.165) is 0 Å². The molecule has 0 radical (unpaired) electrons. The number of aromatic nitrogens is 2. The van der Waals surface area contributed by atoms with E-state index in [2.05, 4.69) is 15.5 Å². The molecule has 124 valence electrons. The first-order valence-corrected chi connectivity index (χ1v) is 6.60. The SMILES string of the molecule is CNC(=O)OCc1nnc(-c2cc(OC)c(OC)c(OC)c2)o1. The summed E-state index contributed by atoms with van der Waals surface area (Å²) in [7, 11) is 5.99. The molecule has 0 unspecified atom stereocenters. The summed E-state index contributed by atoms with van der Waals surface area (Å²) >= 11 is 0. The number of hydrogen-bond acceptors (Lipinski definition) is 8. The highest BCUT2D eigenvalue weighted by Crippen LogP contribution is 2.40. The lowest BCUT2D eigenvalue weighted by Gasteiger charge is -2.12. The van der Waals surface area contributed by atoms with Crippen LogP contribution in [0.2, 0.25) is 0 Å². The van der Waals surface area contributed by atoms with Crippen LogP contribution < -0.4 is 19.5 Å². The average Bonchev–Trinajstić information content (AvgIpc) is 3.07. The van der Waals surface area contributed by atoms with Crippen LogP contribution in [-0.4, -0.2) is 44.7 Å². The molecular weight excluding hydrogens is 306 g/mol. The molecule has 1 amide bonds. The second kappa shape index (κ2) is 7.34. The van der Waals surface area contributed by atoms with E-state index in [1.165, 1.54) is 28.4 Å². The van der Waals surface area contributed by atoms with Gasteiger partial charge in [0.05, 0.1) is 21.3 Å². The molecule has 9 nitrogen and oxygen atoms in total. The lowest BCUT2D eigenvalue weighted by atomic mass is 10.2. The van der Waals surface area contributed by atoms with Gasteiger partial charge in [-0.15, -0.1) is 10.2 Å². The fourth-order valence-corrected chi connectivity index (χ4v) is 1.83. The van der Waals surface area contributed by atoms with Gasteiger partial charge in [-0.3, -0.25) is 0 Å². The molecule has 1 aromatic carbocycles. The van der Waals surface area contributed by atoms with Crippen LogP contribution in [0.3, 0.4) is 0 Å². The Labute approximate surface area is 132 Å². The van der Waals surface area contributed by atoms with Crippen LogP contribution in [0.5, 0.6) is 17.2 Å². The van der Waals surface area contributed by atoms with Crippen LogP contribution in [0.15, 0.2) is 16.5 Å². The summed E-state index contributed by atoms with van der Waals surface area (Å²) in [6.07, 6.45) is -0.586. The predicted molar refractivity (Wildman–Crippen MR) is 78.6 cm³/mol. The summed E-state index contributed by atoms with van der Waals surface area (Å²) in [6.45, 7) is -0.128. The number of carbonyl (C=O) groups is 1. The maximum atomic E-state index is 11.0. The molecule has 23 heavy (non-hydrogen) atoms. The van der Waals surface area contributed by atoms with Gasteiger partial charge in [0.15, 0.2) is 18.1 Å². The quantitative estimate of drug-likeness (QED) is 0.855. The van der Waals surface area contributed by atoms with Gasteiger partial charge in [-0.05, 0) is 12.1 Å². The van der Waals surface area contributed by atoms with Gasteiger partial charge in [-0.25, -0.2) is 4.79 Å². The zero-order valence-electron chi connectivity index (χ0n) is 13.2. The molecule has 0 atom stereocenters. The van der Waals surface area contributed by atoms with Crippen LogP contribution in [0.25, 0.3) is 11.5 Å². The average molecular weight is 323 g/mol. The molecule has 1 N–H and O–H groups in total. The molecule has 1 heterocycles. The Morgan fingerprint density at radius 3 is 2.30 bits per heavy atom. The molecule has 0 fully saturated rings. The van der Waals surface area contributed by atoms with E-state index >= 15 is 0 Å². The number of benzene rings is 1. The van der Waals surface area contributed by atoms with Crippen molar-refractivity contribution in [3.8, 4) is 28.7 Å². The number of ether oxygens (including phenoxy) is 4. The number of rotatable bonds is 6. The Bertz CT molecular complexity index is 660. The summed E-state index contributed by atoms with van der Waals surface area (Å²) < 4.78 is 26.1. The fraction of sp³-hybridized carbons (Fsp3) is 0.357. The minimum Gasteiger partial charge on any atom is -0.493 e. The van der Waals surface area contributed by atoms with Crippen molar-refractivity contribution in [3.63, 3.8) is 0 Å². The number of nitrogens with one attached hydrogen (secondary N) is 1. The number of hydrogen-bond donors (Lipinski definition) is 1. The van der Waals surface area contributed by atoms with Crippen LogP contribution in [0.4, 0.5) is 4.79 Å². The number of methoxy groups -OCH3 is 3. The highest BCUT2D eigenvalue weighted by Gasteiger charge is 2.17.